The van der Waals surface area contributed by atoms with Crippen LogP contribution in [-0.4, -0.2) is 4.98 Å². The number of hydrogen-bond acceptors (Lipinski definition) is 2. The molecule has 0 bridgehead atoms. The van der Waals surface area contributed by atoms with Crippen molar-refractivity contribution in [2.75, 3.05) is 0 Å². The van der Waals surface area contributed by atoms with Gasteiger partial charge in [0.2, 0.25) is 0 Å². The van der Waals surface area contributed by atoms with Gasteiger partial charge in [0.1, 0.15) is 5.82 Å². The summed E-state index contributed by atoms with van der Waals surface area (Å²) in [7, 11) is 0. The number of halogens is 5. The second-order valence-electron chi connectivity index (χ2n) is 3.17. The molecule has 0 fully saturated rings. The molecule has 0 N–H and O–H groups in total. The van der Waals surface area contributed by atoms with E-state index in [1.165, 1.54) is 16.7 Å². The third-order valence-corrected chi connectivity index (χ3v) is 3.40. The molecule has 0 aliphatic rings. The molecule has 0 aliphatic carbocycles. The highest BCUT2D eigenvalue weighted by molar-refractivity contribution is 9.11. The lowest BCUT2D eigenvalue weighted by Gasteiger charge is -2.11. The Morgan fingerprint density at radius 3 is 2.47 bits per heavy atom. The number of rotatable bonds is 1. The van der Waals surface area contributed by atoms with Crippen molar-refractivity contribution in [3.63, 3.8) is 0 Å². The van der Waals surface area contributed by atoms with Crippen LogP contribution in [0.1, 0.15) is 5.56 Å². The zero-order valence-electron chi connectivity index (χ0n) is 8.05. The summed E-state index contributed by atoms with van der Waals surface area (Å²) in [6.07, 6.45) is -4.60. The first-order valence-electron chi connectivity index (χ1n) is 4.36. The molecule has 2 aromatic rings. The van der Waals surface area contributed by atoms with Crippen LogP contribution in [-0.2, 0) is 6.18 Å². The van der Waals surface area contributed by atoms with Crippen LogP contribution in [0.4, 0.5) is 17.6 Å². The lowest BCUT2D eigenvalue weighted by molar-refractivity contribution is -0.137. The molecule has 90 valence electrons. The summed E-state index contributed by atoms with van der Waals surface area (Å²) >= 11 is 4.24. The van der Waals surface area contributed by atoms with Gasteiger partial charge in [0.15, 0.2) is 3.92 Å². The van der Waals surface area contributed by atoms with Crippen LogP contribution in [0.15, 0.2) is 27.5 Å². The Morgan fingerprint density at radius 2 is 1.94 bits per heavy atom. The third kappa shape index (κ3) is 2.66. The van der Waals surface area contributed by atoms with E-state index in [-0.39, 0.29) is 11.3 Å². The highest BCUT2D eigenvalue weighted by Gasteiger charge is 2.34. The average Bonchev–Trinajstić information content (AvgIpc) is 2.63. The van der Waals surface area contributed by atoms with Gasteiger partial charge in [-0.15, -0.1) is 11.3 Å². The fourth-order valence-corrected chi connectivity index (χ4v) is 2.36. The molecule has 0 saturated carbocycles. The minimum Gasteiger partial charge on any atom is -0.229 e. The second-order valence-corrected chi connectivity index (χ2v) is 5.31. The van der Waals surface area contributed by atoms with Gasteiger partial charge in [-0.3, -0.25) is 0 Å². The molecule has 7 heteroatoms. The second kappa shape index (κ2) is 4.38. The molecule has 0 radical (unpaired) electrons. The van der Waals surface area contributed by atoms with E-state index in [2.05, 4.69) is 20.9 Å². The molecule has 2 rings (SSSR count). The van der Waals surface area contributed by atoms with Gasteiger partial charge >= 0.3 is 6.18 Å². The average molecular weight is 326 g/mol. The van der Waals surface area contributed by atoms with Crippen molar-refractivity contribution in [2.45, 2.75) is 6.18 Å². The van der Waals surface area contributed by atoms with Crippen molar-refractivity contribution in [3.05, 3.63) is 38.9 Å². The smallest absolute Gasteiger partial charge is 0.229 e. The van der Waals surface area contributed by atoms with Crippen LogP contribution in [0.25, 0.3) is 11.3 Å². The van der Waals surface area contributed by atoms with Crippen molar-refractivity contribution in [1.82, 2.24) is 4.98 Å². The fourth-order valence-electron chi connectivity index (χ4n) is 1.35. The molecule has 17 heavy (non-hydrogen) atoms. The maximum Gasteiger partial charge on any atom is 0.417 e. The van der Waals surface area contributed by atoms with E-state index in [4.69, 9.17) is 0 Å². The zero-order valence-corrected chi connectivity index (χ0v) is 10.5. The Kier molecular flexibility index (Phi) is 3.22. The summed E-state index contributed by atoms with van der Waals surface area (Å²) in [4.78, 5) is 3.90. The first kappa shape index (κ1) is 12.5. The first-order chi connectivity index (χ1) is 7.88. The van der Waals surface area contributed by atoms with Gasteiger partial charge in [-0.05, 0) is 34.1 Å². The van der Waals surface area contributed by atoms with Gasteiger partial charge in [0.25, 0.3) is 0 Å². The third-order valence-electron chi connectivity index (χ3n) is 2.04. The molecule has 0 unspecified atom stereocenters. The quantitative estimate of drug-likeness (QED) is 0.691. The van der Waals surface area contributed by atoms with Gasteiger partial charge in [-0.1, -0.05) is 0 Å². The Bertz CT molecular complexity index is 549. The highest BCUT2D eigenvalue weighted by atomic mass is 79.9. The van der Waals surface area contributed by atoms with E-state index < -0.39 is 17.6 Å². The number of alkyl halides is 3. The van der Waals surface area contributed by atoms with Crippen LogP contribution in [0.2, 0.25) is 0 Å². The van der Waals surface area contributed by atoms with Crippen molar-refractivity contribution in [2.24, 2.45) is 0 Å². The number of hydrogen-bond donors (Lipinski definition) is 0. The Morgan fingerprint density at radius 1 is 1.24 bits per heavy atom. The number of aromatic nitrogens is 1. The van der Waals surface area contributed by atoms with Crippen LogP contribution < -0.4 is 0 Å². The fraction of sp³-hybridized carbons (Fsp3) is 0.100. The minimum atomic E-state index is -4.60. The summed E-state index contributed by atoms with van der Waals surface area (Å²) in [5.41, 5.74) is -0.967. The van der Waals surface area contributed by atoms with E-state index >= 15 is 0 Å². The molecule has 1 aromatic heterocycles. The van der Waals surface area contributed by atoms with Gasteiger partial charge in [0.05, 0.1) is 11.3 Å². The molecular weight excluding hydrogens is 322 g/mol. The Hall–Kier alpha value is -0.950. The normalized spacial score (nSPS) is 11.8. The van der Waals surface area contributed by atoms with E-state index in [0.717, 1.165) is 12.1 Å². The van der Waals surface area contributed by atoms with Crippen LogP contribution in [0.3, 0.4) is 0 Å². The summed E-state index contributed by atoms with van der Waals surface area (Å²) in [6.45, 7) is 0. The molecule has 0 amide bonds. The van der Waals surface area contributed by atoms with E-state index in [0.29, 0.717) is 9.98 Å². The number of nitrogens with zero attached hydrogens (tertiary/aromatic N) is 1. The SMILES string of the molecule is Fc1ccc(-c2csc(Br)n2)c(C(F)(F)F)c1. The predicted molar refractivity (Wildman–Crippen MR) is 60.2 cm³/mol. The minimum absolute atomic E-state index is 0.124. The van der Waals surface area contributed by atoms with Gasteiger partial charge in [-0.2, -0.15) is 13.2 Å². The summed E-state index contributed by atoms with van der Waals surface area (Å²) < 4.78 is 51.5. The number of benzene rings is 1. The first-order valence-corrected chi connectivity index (χ1v) is 6.03. The molecule has 0 aliphatic heterocycles. The highest BCUT2D eigenvalue weighted by Crippen LogP contribution is 2.38. The zero-order chi connectivity index (χ0) is 12.6. The monoisotopic (exact) mass is 325 g/mol. The topological polar surface area (TPSA) is 12.9 Å². The van der Waals surface area contributed by atoms with Crippen LogP contribution >= 0.6 is 27.3 Å². The van der Waals surface area contributed by atoms with Gasteiger partial charge < -0.3 is 0 Å². The van der Waals surface area contributed by atoms with E-state index in [1.54, 1.807) is 0 Å². The summed E-state index contributed by atoms with van der Waals surface area (Å²) in [5, 5.41) is 1.48. The maximum atomic E-state index is 12.9. The van der Waals surface area contributed by atoms with Gasteiger partial charge in [0, 0.05) is 10.9 Å². The largest absolute Gasteiger partial charge is 0.417 e. The Labute approximate surface area is 106 Å². The lowest BCUT2D eigenvalue weighted by Crippen LogP contribution is -2.07. The molecule has 0 atom stereocenters. The molecule has 0 saturated heterocycles. The van der Waals surface area contributed by atoms with Crippen LogP contribution in [0.5, 0.6) is 0 Å². The lowest BCUT2D eigenvalue weighted by atomic mass is 10.0. The van der Waals surface area contributed by atoms with Crippen molar-refractivity contribution >= 4 is 27.3 Å². The predicted octanol–water partition coefficient (Wildman–Crippen LogP) is 4.73. The number of thiazole rings is 1. The molecule has 1 aromatic carbocycles. The van der Waals surface area contributed by atoms with Crippen molar-refractivity contribution in [1.29, 1.82) is 0 Å². The molecular formula is C10H4BrF4NS. The molecule has 1 heterocycles. The summed E-state index contributed by atoms with van der Waals surface area (Å²) in [5.74, 6) is -0.921. The van der Waals surface area contributed by atoms with Crippen LogP contribution in [0, 0.1) is 5.82 Å². The molecule has 0 spiro atoms. The maximum absolute atomic E-state index is 12.9. The van der Waals surface area contributed by atoms with Crippen molar-refractivity contribution < 1.29 is 17.6 Å². The summed E-state index contributed by atoms with van der Waals surface area (Å²) in [6, 6.07) is 2.54. The van der Waals surface area contributed by atoms with Gasteiger partial charge in [-0.25, -0.2) is 9.37 Å². The van der Waals surface area contributed by atoms with Crippen molar-refractivity contribution in [3.8, 4) is 11.3 Å². The molecule has 1 nitrogen and oxygen atoms in total. The Balaban J connectivity index is 2.61. The standard InChI is InChI=1S/C10H4BrF4NS/c11-9-16-8(4-17-9)6-2-1-5(12)3-7(6)10(13,14)15/h1-4H. The van der Waals surface area contributed by atoms with E-state index in [1.807, 2.05) is 0 Å². The van der Waals surface area contributed by atoms with E-state index in [9.17, 15) is 17.6 Å².